The highest BCUT2D eigenvalue weighted by molar-refractivity contribution is 5.98. The fourth-order valence-corrected chi connectivity index (χ4v) is 5.01. The lowest BCUT2D eigenvalue weighted by Crippen LogP contribution is -2.58. The standard InChI is InChI=1S/C34H48N4O5.C2HF3O2/c1-22(2)18-27(30(39)34(5)21-43-34)36-33(42)29(20-25-14-10-7-11-15-25)38-32(41)28(19-23(3)4)37-31(40)26(35)17-16-24-12-8-6-9-13-24;3-2(4,5)1(6)7/h6-15,22-23,26-29H,16-21,35H2,1-5H3,(H,36,42)(H,37,40)(H,38,41);(H,6,7). The Morgan fingerprint density at radius 2 is 1.20 bits per heavy atom. The molecule has 0 aliphatic carbocycles. The zero-order valence-corrected chi connectivity index (χ0v) is 29.1. The molecule has 1 fully saturated rings. The monoisotopic (exact) mass is 706 g/mol. The Morgan fingerprint density at radius 3 is 1.66 bits per heavy atom. The Hall–Kier alpha value is -4.30. The van der Waals surface area contributed by atoms with Gasteiger partial charge in [0.05, 0.1) is 18.7 Å². The Morgan fingerprint density at radius 1 is 0.780 bits per heavy atom. The molecule has 0 saturated carbocycles. The molecule has 0 spiro atoms. The van der Waals surface area contributed by atoms with Gasteiger partial charge in [0, 0.05) is 6.42 Å². The number of aliphatic carboxylic acids is 1. The molecule has 14 heteroatoms. The maximum Gasteiger partial charge on any atom is 0.490 e. The van der Waals surface area contributed by atoms with Crippen LogP contribution in [0.1, 0.15) is 65.0 Å². The molecule has 2 aromatic rings. The second kappa shape index (κ2) is 19.2. The molecule has 5 unspecified atom stereocenters. The third kappa shape index (κ3) is 14.7. The molecule has 0 aromatic heterocycles. The number of nitrogens with two attached hydrogens (primary N) is 1. The van der Waals surface area contributed by atoms with Crippen molar-refractivity contribution in [1.82, 2.24) is 16.0 Å². The minimum Gasteiger partial charge on any atom is -0.475 e. The van der Waals surface area contributed by atoms with Gasteiger partial charge in [0.2, 0.25) is 17.7 Å². The van der Waals surface area contributed by atoms with Gasteiger partial charge in [-0.1, -0.05) is 88.4 Å². The average molecular weight is 707 g/mol. The van der Waals surface area contributed by atoms with Crippen LogP contribution in [-0.2, 0) is 41.6 Å². The number of carboxylic acids is 1. The van der Waals surface area contributed by atoms with Crippen LogP contribution < -0.4 is 21.7 Å². The molecule has 50 heavy (non-hydrogen) atoms. The maximum absolute atomic E-state index is 13.7. The van der Waals surface area contributed by atoms with Gasteiger partial charge in [0.25, 0.3) is 0 Å². The van der Waals surface area contributed by atoms with Gasteiger partial charge in [-0.25, -0.2) is 4.79 Å². The lowest BCUT2D eigenvalue weighted by molar-refractivity contribution is -0.192. The number of aryl methyl sites for hydroxylation is 1. The number of Topliss-reactive ketones (excluding diaryl/α,β-unsaturated/α-hetero) is 1. The van der Waals surface area contributed by atoms with Gasteiger partial charge in [-0.05, 0) is 55.6 Å². The first kappa shape index (κ1) is 41.9. The Bertz CT molecular complexity index is 1420. The van der Waals surface area contributed by atoms with E-state index in [0.29, 0.717) is 32.3 Å². The molecule has 6 N–H and O–H groups in total. The number of carboxylic acid groups (broad SMARTS) is 1. The van der Waals surface area contributed by atoms with Crippen molar-refractivity contribution < 1.29 is 47.0 Å². The van der Waals surface area contributed by atoms with Crippen LogP contribution >= 0.6 is 0 Å². The van der Waals surface area contributed by atoms with Crippen LogP contribution in [0.4, 0.5) is 13.2 Å². The summed E-state index contributed by atoms with van der Waals surface area (Å²) in [7, 11) is 0. The Kier molecular flexibility index (Phi) is 16.1. The first-order valence-electron chi connectivity index (χ1n) is 16.5. The first-order chi connectivity index (χ1) is 23.3. The highest BCUT2D eigenvalue weighted by Crippen LogP contribution is 2.29. The van der Waals surface area contributed by atoms with Gasteiger partial charge in [0.1, 0.15) is 17.7 Å². The molecule has 1 heterocycles. The molecular weight excluding hydrogens is 657 g/mol. The zero-order chi connectivity index (χ0) is 37.6. The van der Waals surface area contributed by atoms with Gasteiger partial charge in [0.15, 0.2) is 5.78 Å². The van der Waals surface area contributed by atoms with E-state index < -0.39 is 59.6 Å². The van der Waals surface area contributed by atoms with Crippen LogP contribution in [-0.4, -0.2) is 77.1 Å². The topological polar surface area (TPSA) is 180 Å². The molecule has 1 aliphatic heterocycles. The predicted octanol–water partition coefficient (Wildman–Crippen LogP) is 3.73. The second-order valence-corrected chi connectivity index (χ2v) is 13.4. The van der Waals surface area contributed by atoms with E-state index in [0.717, 1.165) is 11.1 Å². The van der Waals surface area contributed by atoms with Crippen molar-refractivity contribution in [2.45, 2.75) is 103 Å². The van der Waals surface area contributed by atoms with Crippen LogP contribution in [0.15, 0.2) is 60.7 Å². The molecule has 3 amide bonds. The summed E-state index contributed by atoms with van der Waals surface area (Å²) >= 11 is 0. The summed E-state index contributed by atoms with van der Waals surface area (Å²) in [6, 6.07) is 15.7. The molecule has 276 valence electrons. The molecule has 1 saturated heterocycles. The number of hydrogen-bond donors (Lipinski definition) is 5. The number of halogens is 3. The predicted molar refractivity (Wildman–Crippen MR) is 181 cm³/mol. The fraction of sp³-hybridized carbons (Fsp3) is 0.528. The molecule has 5 atom stereocenters. The lowest BCUT2D eigenvalue weighted by atomic mass is 9.93. The van der Waals surface area contributed by atoms with Gasteiger partial charge < -0.3 is 31.5 Å². The van der Waals surface area contributed by atoms with Crippen LogP contribution in [0.3, 0.4) is 0 Å². The van der Waals surface area contributed by atoms with Crippen molar-refractivity contribution in [2.75, 3.05) is 6.61 Å². The summed E-state index contributed by atoms with van der Waals surface area (Å²) < 4.78 is 37.1. The number of nitrogens with one attached hydrogen (secondary N) is 3. The summed E-state index contributed by atoms with van der Waals surface area (Å²) in [5.74, 6) is -4.05. The van der Waals surface area contributed by atoms with Crippen molar-refractivity contribution in [3.8, 4) is 0 Å². The number of carbonyl (C=O) groups excluding carboxylic acids is 4. The quantitative estimate of drug-likeness (QED) is 0.154. The van der Waals surface area contributed by atoms with Crippen LogP contribution in [0.25, 0.3) is 0 Å². The van der Waals surface area contributed by atoms with Crippen LogP contribution in [0.5, 0.6) is 0 Å². The van der Waals surface area contributed by atoms with E-state index >= 15 is 0 Å². The number of ketones is 1. The molecule has 3 rings (SSSR count). The van der Waals surface area contributed by atoms with Gasteiger partial charge in [-0.3, -0.25) is 19.2 Å². The number of ether oxygens (including phenoxy) is 1. The summed E-state index contributed by atoms with van der Waals surface area (Å²) in [4.78, 5) is 62.5. The largest absolute Gasteiger partial charge is 0.490 e. The van der Waals surface area contributed by atoms with Crippen LogP contribution in [0, 0.1) is 11.8 Å². The molecular formula is C36H49F3N4O7. The third-order valence-corrected chi connectivity index (χ3v) is 7.86. The number of epoxide rings is 1. The second-order valence-electron chi connectivity index (χ2n) is 13.4. The van der Waals surface area contributed by atoms with Crippen LogP contribution in [0.2, 0.25) is 0 Å². The van der Waals surface area contributed by atoms with Crippen molar-refractivity contribution in [1.29, 1.82) is 0 Å². The van der Waals surface area contributed by atoms with E-state index in [4.69, 9.17) is 20.4 Å². The number of amides is 3. The van der Waals surface area contributed by atoms with Gasteiger partial charge >= 0.3 is 12.1 Å². The minimum absolute atomic E-state index is 0.0883. The van der Waals surface area contributed by atoms with E-state index in [2.05, 4.69) is 16.0 Å². The summed E-state index contributed by atoms with van der Waals surface area (Å²) in [5, 5.41) is 15.7. The smallest absolute Gasteiger partial charge is 0.475 e. The number of carbonyl (C=O) groups is 5. The van der Waals surface area contributed by atoms with Crippen molar-refractivity contribution in [3.05, 3.63) is 71.8 Å². The zero-order valence-electron chi connectivity index (χ0n) is 29.1. The minimum atomic E-state index is -5.08. The number of alkyl halides is 3. The molecule has 2 aromatic carbocycles. The summed E-state index contributed by atoms with van der Waals surface area (Å²) in [5.41, 5.74) is 7.24. The maximum atomic E-state index is 13.7. The van der Waals surface area contributed by atoms with E-state index in [1.54, 1.807) is 6.92 Å². The normalized spacial score (nSPS) is 17.7. The fourth-order valence-electron chi connectivity index (χ4n) is 5.01. The van der Waals surface area contributed by atoms with Gasteiger partial charge in [-0.15, -0.1) is 0 Å². The van der Waals surface area contributed by atoms with Crippen molar-refractivity contribution >= 4 is 29.5 Å². The third-order valence-electron chi connectivity index (χ3n) is 7.86. The lowest BCUT2D eigenvalue weighted by Gasteiger charge is -2.27. The molecule has 11 nitrogen and oxygen atoms in total. The average Bonchev–Trinajstić information content (AvgIpc) is 3.80. The summed E-state index contributed by atoms with van der Waals surface area (Å²) in [6.45, 7) is 9.93. The molecule has 1 aliphatic rings. The number of rotatable bonds is 17. The molecule has 0 bridgehead atoms. The summed E-state index contributed by atoms with van der Waals surface area (Å²) in [6.07, 6.45) is -2.99. The SMILES string of the molecule is CC(C)CC(NC(=O)C(N)CCc1ccccc1)C(=O)NC(Cc1ccccc1)C(=O)NC(CC(C)C)C(=O)C1(C)CO1.O=C(O)C(F)(F)F. The van der Waals surface area contributed by atoms with E-state index in [-0.39, 0.29) is 24.0 Å². The van der Waals surface area contributed by atoms with E-state index in [1.807, 2.05) is 88.4 Å². The molecule has 0 radical (unpaired) electrons. The Labute approximate surface area is 290 Å². The van der Waals surface area contributed by atoms with Gasteiger partial charge in [-0.2, -0.15) is 13.2 Å². The Balaban J connectivity index is 0.00000112. The first-order valence-corrected chi connectivity index (χ1v) is 16.5. The van der Waals surface area contributed by atoms with Crippen molar-refractivity contribution in [3.63, 3.8) is 0 Å². The van der Waals surface area contributed by atoms with E-state index in [9.17, 15) is 32.3 Å². The number of benzene rings is 2. The van der Waals surface area contributed by atoms with Crippen molar-refractivity contribution in [2.24, 2.45) is 17.6 Å². The highest BCUT2D eigenvalue weighted by Gasteiger charge is 2.50. The number of hydrogen-bond acceptors (Lipinski definition) is 7. The van der Waals surface area contributed by atoms with E-state index in [1.165, 1.54) is 0 Å². The highest BCUT2D eigenvalue weighted by atomic mass is 19.4.